The molecule has 0 aliphatic carbocycles. The van der Waals surface area contributed by atoms with Gasteiger partial charge in [0.15, 0.2) is 0 Å². The Balaban J connectivity index is 2.07. The summed E-state index contributed by atoms with van der Waals surface area (Å²) in [5.41, 5.74) is -1.25. The van der Waals surface area contributed by atoms with Crippen LogP contribution in [0.3, 0.4) is 0 Å². The van der Waals surface area contributed by atoms with Gasteiger partial charge in [0, 0.05) is 11.1 Å². The molecule has 0 aliphatic heterocycles. The van der Waals surface area contributed by atoms with Gasteiger partial charge in [-0.3, -0.25) is 0 Å². The lowest BCUT2D eigenvalue weighted by atomic mass is 10.1. The maximum absolute atomic E-state index is 12.5. The summed E-state index contributed by atoms with van der Waals surface area (Å²) in [4.78, 5) is 0.101. The van der Waals surface area contributed by atoms with Gasteiger partial charge in [0.1, 0.15) is 11.5 Å². The second-order valence-corrected chi connectivity index (χ2v) is 12.4. The van der Waals surface area contributed by atoms with Crippen molar-refractivity contribution in [3.8, 4) is 11.5 Å². The predicted molar refractivity (Wildman–Crippen MR) is 120 cm³/mol. The molecule has 1 radical (unpaired) electrons. The monoisotopic (exact) mass is 467 g/mol. The Kier molecular flexibility index (Phi) is 7.47. The van der Waals surface area contributed by atoms with E-state index in [0.717, 1.165) is 7.69 Å². The summed E-state index contributed by atoms with van der Waals surface area (Å²) in [5, 5.41) is 0. The minimum Gasteiger partial charge on any atom is -0.526 e. The highest BCUT2D eigenvalue weighted by atomic mass is 32.2. The van der Waals surface area contributed by atoms with Gasteiger partial charge in [0.2, 0.25) is 20.0 Å². The molecule has 0 heterocycles. The summed E-state index contributed by atoms with van der Waals surface area (Å²) in [5.74, 6) is 0.491. The van der Waals surface area contributed by atoms with Crippen molar-refractivity contribution in [2.75, 3.05) is 0 Å². The smallest absolute Gasteiger partial charge is 0.526 e. The van der Waals surface area contributed by atoms with E-state index in [-0.39, 0.29) is 21.3 Å². The molecule has 2 rings (SSSR count). The molecule has 2 aromatic rings. The number of sulfonamides is 2. The molecule has 0 saturated heterocycles. The molecular formula is C20H28BN2O6S2. The Hall–Kier alpha value is -2.08. The molecule has 0 aliphatic rings. The lowest BCUT2D eigenvalue weighted by molar-refractivity contribution is 0.456. The van der Waals surface area contributed by atoms with Crippen molar-refractivity contribution < 1.29 is 26.1 Å². The van der Waals surface area contributed by atoms with E-state index in [9.17, 15) is 16.8 Å². The van der Waals surface area contributed by atoms with Crippen molar-refractivity contribution >= 4 is 27.7 Å². The Bertz CT molecular complexity index is 1030. The predicted octanol–water partition coefficient (Wildman–Crippen LogP) is 2.83. The summed E-state index contributed by atoms with van der Waals surface area (Å²) < 4.78 is 65.7. The van der Waals surface area contributed by atoms with Gasteiger partial charge in [-0.2, -0.15) is 0 Å². The first kappa shape index (κ1) is 25.2. The molecular weight excluding hydrogens is 439 g/mol. The van der Waals surface area contributed by atoms with Crippen LogP contribution < -0.4 is 18.8 Å². The van der Waals surface area contributed by atoms with Crippen LogP contribution in [0, 0.1) is 0 Å². The van der Waals surface area contributed by atoms with Crippen LogP contribution in [-0.2, 0) is 20.0 Å². The molecule has 0 spiro atoms. The van der Waals surface area contributed by atoms with Crippen LogP contribution in [0.4, 0.5) is 0 Å². The zero-order valence-electron chi connectivity index (χ0n) is 18.5. The SMILES string of the molecule is CC(C)(C)NS(=O)(=O)c1cccc(O[B]Oc2cccc(S(=O)(=O)NC(C)(C)C)c2)c1. The first-order valence-electron chi connectivity index (χ1n) is 9.51. The maximum Gasteiger partial charge on any atom is 0.658 e. The molecule has 0 fully saturated rings. The van der Waals surface area contributed by atoms with Gasteiger partial charge in [-0.05, 0) is 77.9 Å². The standard InChI is InChI=1S/C20H28BN2O6S2/c1-19(2,3)22-30(24,25)17-11-7-9-15(13-17)28-21-29-16-10-8-12-18(14-16)31(26,27)23-20(4,5)6/h7-14,22-23H,1-6H3. The van der Waals surface area contributed by atoms with E-state index in [4.69, 9.17) is 9.31 Å². The lowest BCUT2D eigenvalue weighted by Gasteiger charge is -2.20. The van der Waals surface area contributed by atoms with Crippen LogP contribution in [-0.4, -0.2) is 35.6 Å². The van der Waals surface area contributed by atoms with Gasteiger partial charge in [0.25, 0.3) is 0 Å². The first-order chi connectivity index (χ1) is 14.1. The molecule has 0 bridgehead atoms. The quantitative estimate of drug-likeness (QED) is 0.578. The molecule has 8 nitrogen and oxygen atoms in total. The van der Waals surface area contributed by atoms with E-state index in [0.29, 0.717) is 0 Å². The van der Waals surface area contributed by atoms with Crippen LogP contribution >= 0.6 is 0 Å². The van der Waals surface area contributed by atoms with E-state index in [2.05, 4.69) is 9.44 Å². The molecule has 11 heteroatoms. The fourth-order valence-corrected chi connectivity index (χ4v) is 5.39. The highest BCUT2D eigenvalue weighted by Crippen LogP contribution is 2.21. The molecule has 0 unspecified atom stereocenters. The van der Waals surface area contributed by atoms with Gasteiger partial charge in [-0.1, -0.05) is 12.1 Å². The van der Waals surface area contributed by atoms with Gasteiger partial charge >= 0.3 is 7.69 Å². The Morgan fingerprint density at radius 3 is 1.35 bits per heavy atom. The summed E-state index contributed by atoms with van der Waals surface area (Å²) in [7, 11) is -6.42. The molecule has 31 heavy (non-hydrogen) atoms. The lowest BCUT2D eigenvalue weighted by Crippen LogP contribution is -2.40. The number of nitrogens with one attached hydrogen (secondary N) is 2. The van der Waals surface area contributed by atoms with E-state index < -0.39 is 31.1 Å². The van der Waals surface area contributed by atoms with Gasteiger partial charge in [-0.25, -0.2) is 26.3 Å². The topological polar surface area (TPSA) is 111 Å². The van der Waals surface area contributed by atoms with E-state index in [1.54, 1.807) is 65.8 Å². The van der Waals surface area contributed by atoms with Crippen LogP contribution in [0.15, 0.2) is 58.3 Å². The van der Waals surface area contributed by atoms with E-state index in [1.165, 1.54) is 24.3 Å². The van der Waals surface area contributed by atoms with E-state index >= 15 is 0 Å². The summed E-state index contributed by atoms with van der Waals surface area (Å²) >= 11 is 0. The number of hydrogen-bond donors (Lipinski definition) is 2. The molecule has 0 atom stereocenters. The second kappa shape index (κ2) is 9.19. The fourth-order valence-electron chi connectivity index (χ4n) is 2.49. The Labute approximate surface area is 185 Å². The van der Waals surface area contributed by atoms with Crippen LogP contribution in [0.25, 0.3) is 0 Å². The minimum absolute atomic E-state index is 0.0506. The van der Waals surface area contributed by atoms with Crippen LogP contribution in [0.5, 0.6) is 11.5 Å². The van der Waals surface area contributed by atoms with Gasteiger partial charge in [-0.15, -0.1) is 0 Å². The summed E-state index contributed by atoms with van der Waals surface area (Å²) in [6.45, 7) is 10.5. The summed E-state index contributed by atoms with van der Waals surface area (Å²) in [6.07, 6.45) is 0. The van der Waals surface area contributed by atoms with Gasteiger partial charge in [0.05, 0.1) is 9.79 Å². The largest absolute Gasteiger partial charge is 0.658 e. The van der Waals surface area contributed by atoms with Crippen molar-refractivity contribution in [2.45, 2.75) is 62.4 Å². The number of rotatable bonds is 8. The fraction of sp³-hybridized carbons (Fsp3) is 0.400. The van der Waals surface area contributed by atoms with Gasteiger partial charge < -0.3 is 9.31 Å². The zero-order valence-corrected chi connectivity index (χ0v) is 20.1. The van der Waals surface area contributed by atoms with Crippen LogP contribution in [0.2, 0.25) is 0 Å². The third kappa shape index (κ3) is 8.17. The average Bonchev–Trinajstić information content (AvgIpc) is 2.58. The average molecular weight is 467 g/mol. The second-order valence-electron chi connectivity index (χ2n) is 8.99. The number of hydrogen-bond acceptors (Lipinski definition) is 6. The van der Waals surface area contributed by atoms with Crippen molar-refractivity contribution in [2.24, 2.45) is 0 Å². The van der Waals surface area contributed by atoms with Crippen LogP contribution in [0.1, 0.15) is 41.5 Å². The summed E-state index contributed by atoms with van der Waals surface area (Å²) in [6, 6.07) is 11.9. The normalized spacial score (nSPS) is 13.0. The Morgan fingerprint density at radius 1 is 0.677 bits per heavy atom. The molecule has 2 N–H and O–H groups in total. The zero-order chi connectivity index (χ0) is 23.5. The highest BCUT2D eigenvalue weighted by molar-refractivity contribution is 7.89. The third-order valence-electron chi connectivity index (χ3n) is 3.48. The van der Waals surface area contributed by atoms with Crippen molar-refractivity contribution in [1.29, 1.82) is 0 Å². The molecule has 169 valence electrons. The molecule has 0 aromatic heterocycles. The highest BCUT2D eigenvalue weighted by Gasteiger charge is 2.23. The minimum atomic E-state index is -3.71. The molecule has 0 saturated carbocycles. The van der Waals surface area contributed by atoms with Crippen molar-refractivity contribution in [1.82, 2.24) is 9.44 Å². The third-order valence-corrected chi connectivity index (χ3v) is 6.99. The molecule has 0 amide bonds. The van der Waals surface area contributed by atoms with Crippen molar-refractivity contribution in [3.05, 3.63) is 48.5 Å². The van der Waals surface area contributed by atoms with E-state index in [1.807, 2.05) is 0 Å². The van der Waals surface area contributed by atoms with Crippen molar-refractivity contribution in [3.63, 3.8) is 0 Å². The first-order valence-corrected chi connectivity index (χ1v) is 12.5. The number of benzene rings is 2. The Morgan fingerprint density at radius 2 is 1.03 bits per heavy atom. The molecule has 2 aromatic carbocycles. The maximum atomic E-state index is 12.5.